The average Bonchev–Trinajstić information content (AvgIpc) is 2.71. The molecule has 1 heterocycles. The molecule has 1 aliphatic rings. The number of rotatable bonds is 2. The summed E-state index contributed by atoms with van der Waals surface area (Å²) in [6.07, 6.45) is 0. The summed E-state index contributed by atoms with van der Waals surface area (Å²) in [5.41, 5.74) is 1.83. The first-order valence-electron chi connectivity index (χ1n) is 6.91. The number of hydrogen-bond donors (Lipinski definition) is 2. The van der Waals surface area contributed by atoms with Crippen LogP contribution >= 0.6 is 0 Å². The topological polar surface area (TPSA) is 58.2 Å². The second kappa shape index (κ2) is 4.94. The number of hydrogen-bond acceptors (Lipinski definition) is 2. The zero-order valence-corrected chi connectivity index (χ0v) is 12.2. The number of carbonyl (C=O) groups excluding carboxylic acids is 2. The summed E-state index contributed by atoms with van der Waals surface area (Å²) in [6, 6.07) is 10.6. The van der Waals surface area contributed by atoms with Crippen LogP contribution < -0.4 is 10.6 Å². The fraction of sp³-hybridized carbons (Fsp3) is 0.176. The lowest BCUT2D eigenvalue weighted by Gasteiger charge is -2.15. The van der Waals surface area contributed by atoms with Crippen molar-refractivity contribution >= 4 is 23.2 Å². The van der Waals surface area contributed by atoms with Gasteiger partial charge in [-0.1, -0.05) is 0 Å². The van der Waals surface area contributed by atoms with Gasteiger partial charge in [0, 0.05) is 16.9 Å². The van der Waals surface area contributed by atoms with Gasteiger partial charge in [0.2, 0.25) is 5.91 Å². The number of benzene rings is 2. The van der Waals surface area contributed by atoms with Gasteiger partial charge in [0.15, 0.2) is 0 Å². The molecular formula is C17H15FN2O2. The van der Waals surface area contributed by atoms with Gasteiger partial charge in [-0.25, -0.2) is 4.39 Å². The minimum atomic E-state index is -0.665. The van der Waals surface area contributed by atoms with E-state index in [1.165, 1.54) is 24.3 Å². The molecule has 0 spiro atoms. The summed E-state index contributed by atoms with van der Waals surface area (Å²) in [5.74, 6) is -0.745. The Bertz CT molecular complexity index is 767. The van der Waals surface area contributed by atoms with Crippen molar-refractivity contribution in [3.05, 3.63) is 59.4 Å². The van der Waals surface area contributed by atoms with Gasteiger partial charge in [0.05, 0.1) is 5.41 Å². The standard InChI is InChI=1S/C17H15FN2O2/c1-17(2)13-9-10(3-8-14(13)20-16(17)22)15(21)19-12-6-4-11(18)5-7-12/h3-9H,1-2H3,(H,19,21)(H,20,22). The van der Waals surface area contributed by atoms with E-state index in [-0.39, 0.29) is 17.6 Å². The summed E-state index contributed by atoms with van der Waals surface area (Å²) >= 11 is 0. The van der Waals surface area contributed by atoms with Gasteiger partial charge < -0.3 is 10.6 Å². The largest absolute Gasteiger partial charge is 0.325 e. The average molecular weight is 298 g/mol. The summed E-state index contributed by atoms with van der Waals surface area (Å²) in [7, 11) is 0. The Labute approximate surface area is 127 Å². The zero-order valence-electron chi connectivity index (χ0n) is 12.2. The summed E-state index contributed by atoms with van der Waals surface area (Å²) in [6.45, 7) is 3.63. The highest BCUT2D eigenvalue weighted by Crippen LogP contribution is 2.37. The molecule has 0 saturated carbocycles. The SMILES string of the molecule is CC1(C)C(=O)Nc2ccc(C(=O)Nc3ccc(F)cc3)cc21. The van der Waals surface area contributed by atoms with Crippen LogP contribution in [-0.2, 0) is 10.2 Å². The molecule has 0 saturated heterocycles. The lowest BCUT2D eigenvalue weighted by molar-refractivity contribution is -0.119. The zero-order chi connectivity index (χ0) is 15.9. The predicted octanol–water partition coefficient (Wildman–Crippen LogP) is 3.31. The second-order valence-electron chi connectivity index (χ2n) is 5.80. The first kappa shape index (κ1) is 14.3. The molecule has 0 bridgehead atoms. The molecule has 112 valence electrons. The van der Waals surface area contributed by atoms with Gasteiger partial charge in [-0.05, 0) is 61.9 Å². The minimum absolute atomic E-state index is 0.0846. The third-order valence-corrected chi connectivity index (χ3v) is 3.87. The van der Waals surface area contributed by atoms with Gasteiger partial charge in [-0.15, -0.1) is 0 Å². The minimum Gasteiger partial charge on any atom is -0.325 e. The lowest BCUT2D eigenvalue weighted by atomic mass is 9.85. The molecule has 22 heavy (non-hydrogen) atoms. The number of fused-ring (bicyclic) bond motifs is 1. The quantitative estimate of drug-likeness (QED) is 0.893. The highest BCUT2D eigenvalue weighted by atomic mass is 19.1. The maximum Gasteiger partial charge on any atom is 0.255 e. The van der Waals surface area contributed by atoms with Crippen LogP contribution in [-0.4, -0.2) is 11.8 Å². The first-order valence-corrected chi connectivity index (χ1v) is 6.91. The van der Waals surface area contributed by atoms with Gasteiger partial charge >= 0.3 is 0 Å². The van der Waals surface area contributed by atoms with Crippen molar-refractivity contribution in [1.82, 2.24) is 0 Å². The van der Waals surface area contributed by atoms with Gasteiger partial charge in [0.1, 0.15) is 5.82 Å². The number of nitrogens with one attached hydrogen (secondary N) is 2. The predicted molar refractivity (Wildman–Crippen MR) is 82.5 cm³/mol. The van der Waals surface area contributed by atoms with Crippen LogP contribution in [0.4, 0.5) is 15.8 Å². The molecule has 0 aromatic heterocycles. The van der Waals surface area contributed by atoms with Crippen LogP contribution in [0.1, 0.15) is 29.8 Å². The number of amides is 2. The van der Waals surface area contributed by atoms with Crippen molar-refractivity contribution in [2.75, 3.05) is 10.6 Å². The van der Waals surface area contributed by atoms with E-state index in [9.17, 15) is 14.0 Å². The fourth-order valence-electron chi connectivity index (χ4n) is 2.45. The Balaban J connectivity index is 1.87. The third kappa shape index (κ3) is 2.35. The van der Waals surface area contributed by atoms with Crippen molar-refractivity contribution < 1.29 is 14.0 Å². The maximum atomic E-state index is 12.9. The lowest BCUT2D eigenvalue weighted by Crippen LogP contribution is -2.27. The highest BCUT2D eigenvalue weighted by molar-refractivity contribution is 6.09. The summed E-state index contributed by atoms with van der Waals surface area (Å²) in [4.78, 5) is 24.2. The molecule has 1 aliphatic heterocycles. The Morgan fingerprint density at radius 2 is 1.82 bits per heavy atom. The summed E-state index contributed by atoms with van der Waals surface area (Å²) < 4.78 is 12.9. The number of carbonyl (C=O) groups is 2. The molecule has 0 unspecified atom stereocenters. The van der Waals surface area contributed by atoms with E-state index in [0.717, 1.165) is 11.3 Å². The Hall–Kier alpha value is -2.69. The Kier molecular flexibility index (Phi) is 3.20. The van der Waals surface area contributed by atoms with Crippen LogP contribution in [0.25, 0.3) is 0 Å². The molecule has 4 nitrogen and oxygen atoms in total. The molecule has 0 aliphatic carbocycles. The molecule has 2 amide bonds. The van der Waals surface area contributed by atoms with E-state index in [1.54, 1.807) is 18.2 Å². The third-order valence-electron chi connectivity index (χ3n) is 3.87. The molecule has 0 atom stereocenters. The molecule has 0 radical (unpaired) electrons. The van der Waals surface area contributed by atoms with E-state index in [1.807, 2.05) is 13.8 Å². The first-order chi connectivity index (χ1) is 10.4. The molecule has 2 N–H and O–H groups in total. The van der Waals surface area contributed by atoms with Gasteiger partial charge in [-0.3, -0.25) is 9.59 Å². The van der Waals surface area contributed by atoms with Crippen LogP contribution in [0, 0.1) is 5.82 Å². The number of halogens is 1. The van der Waals surface area contributed by atoms with Crippen molar-refractivity contribution in [3.8, 4) is 0 Å². The monoisotopic (exact) mass is 298 g/mol. The fourth-order valence-corrected chi connectivity index (χ4v) is 2.45. The van der Waals surface area contributed by atoms with Crippen LogP contribution in [0.3, 0.4) is 0 Å². The molecular weight excluding hydrogens is 283 g/mol. The van der Waals surface area contributed by atoms with Crippen molar-refractivity contribution in [3.63, 3.8) is 0 Å². The van der Waals surface area contributed by atoms with Crippen LogP contribution in [0.2, 0.25) is 0 Å². The van der Waals surface area contributed by atoms with Gasteiger partial charge in [0.25, 0.3) is 5.91 Å². The Morgan fingerprint density at radius 3 is 2.50 bits per heavy atom. The molecule has 2 aromatic carbocycles. The highest BCUT2D eigenvalue weighted by Gasteiger charge is 2.38. The van der Waals surface area contributed by atoms with E-state index < -0.39 is 5.41 Å². The summed E-state index contributed by atoms with van der Waals surface area (Å²) in [5, 5.41) is 5.50. The van der Waals surface area contributed by atoms with Crippen molar-refractivity contribution in [2.24, 2.45) is 0 Å². The molecule has 3 rings (SSSR count). The van der Waals surface area contributed by atoms with Crippen molar-refractivity contribution in [1.29, 1.82) is 0 Å². The van der Waals surface area contributed by atoms with Crippen molar-refractivity contribution in [2.45, 2.75) is 19.3 Å². The normalized spacial score (nSPS) is 15.1. The molecule has 2 aromatic rings. The van der Waals surface area contributed by atoms with Crippen LogP contribution in [0.5, 0.6) is 0 Å². The van der Waals surface area contributed by atoms with E-state index >= 15 is 0 Å². The van der Waals surface area contributed by atoms with Gasteiger partial charge in [-0.2, -0.15) is 0 Å². The van der Waals surface area contributed by atoms with Crippen LogP contribution in [0.15, 0.2) is 42.5 Å². The maximum absolute atomic E-state index is 12.9. The van der Waals surface area contributed by atoms with E-state index in [2.05, 4.69) is 10.6 Å². The number of anilines is 2. The second-order valence-corrected chi connectivity index (χ2v) is 5.80. The van der Waals surface area contributed by atoms with E-state index in [0.29, 0.717) is 11.3 Å². The molecule has 0 fully saturated rings. The van der Waals surface area contributed by atoms with E-state index in [4.69, 9.17) is 0 Å². The Morgan fingerprint density at radius 1 is 1.14 bits per heavy atom. The smallest absolute Gasteiger partial charge is 0.255 e. The molecule has 5 heteroatoms.